The molecule has 1 N–H and O–H groups in total. The van der Waals surface area contributed by atoms with Crippen molar-refractivity contribution in [2.75, 3.05) is 39.3 Å². The summed E-state index contributed by atoms with van der Waals surface area (Å²) in [5.41, 5.74) is 0.892. The summed E-state index contributed by atoms with van der Waals surface area (Å²) in [6.45, 7) is 4.08. The molecule has 2 aliphatic heterocycles. The van der Waals surface area contributed by atoms with Crippen LogP contribution in [-0.4, -0.2) is 66.2 Å². The lowest BCUT2D eigenvalue weighted by atomic mass is 10.1. The van der Waals surface area contributed by atoms with E-state index in [1.807, 2.05) is 35.2 Å². The topological polar surface area (TPSA) is 53.0 Å². The summed E-state index contributed by atoms with van der Waals surface area (Å²) in [6, 6.07) is 9.66. The number of carbonyl (C=O) groups excluding carboxylic acids is 1. The number of ether oxygens (including phenoxy) is 1. The van der Waals surface area contributed by atoms with Crippen LogP contribution in [0, 0.1) is 0 Å². The highest BCUT2D eigenvalue weighted by atomic mass is 16.5. The third kappa shape index (κ3) is 4.79. The second kappa shape index (κ2) is 8.60. The molecular weight excluding hydrogens is 304 g/mol. The molecule has 132 valence electrons. The molecule has 1 amide bonds. The number of carbonyl (C=O) groups is 1. The minimum absolute atomic E-state index is 0.172. The summed E-state index contributed by atoms with van der Waals surface area (Å²) >= 11 is 0. The Morgan fingerprint density at radius 1 is 1.25 bits per heavy atom. The van der Waals surface area contributed by atoms with E-state index in [1.165, 1.54) is 0 Å². The zero-order valence-electron chi connectivity index (χ0n) is 14.3. The zero-order chi connectivity index (χ0) is 16.8. The molecule has 0 aliphatic carbocycles. The maximum absolute atomic E-state index is 12.5. The maximum atomic E-state index is 12.5. The number of amides is 1. The smallest absolute Gasteiger partial charge is 0.236 e. The molecule has 5 nitrogen and oxygen atoms in total. The van der Waals surface area contributed by atoms with Crippen molar-refractivity contribution in [3.63, 3.8) is 0 Å². The van der Waals surface area contributed by atoms with Crippen LogP contribution in [0.2, 0.25) is 0 Å². The number of hydrogen-bond acceptors (Lipinski definition) is 4. The number of aliphatic hydroxyl groups is 1. The van der Waals surface area contributed by atoms with Gasteiger partial charge in [0.1, 0.15) is 0 Å². The molecule has 1 aromatic rings. The van der Waals surface area contributed by atoms with Crippen molar-refractivity contribution >= 4 is 5.91 Å². The van der Waals surface area contributed by atoms with Crippen molar-refractivity contribution in [1.82, 2.24) is 9.80 Å². The highest BCUT2D eigenvalue weighted by Gasteiger charge is 2.25. The number of hydrogen-bond donors (Lipinski definition) is 1. The van der Waals surface area contributed by atoms with E-state index in [2.05, 4.69) is 4.90 Å². The zero-order valence-corrected chi connectivity index (χ0v) is 14.3. The number of likely N-dealkylation sites (tertiary alicyclic amines) is 1. The van der Waals surface area contributed by atoms with E-state index in [-0.39, 0.29) is 12.0 Å². The van der Waals surface area contributed by atoms with Crippen LogP contribution < -0.4 is 0 Å². The van der Waals surface area contributed by atoms with E-state index in [0.717, 1.165) is 50.9 Å². The Hall–Kier alpha value is -1.43. The predicted molar refractivity (Wildman–Crippen MR) is 92.6 cm³/mol. The second-order valence-corrected chi connectivity index (χ2v) is 6.84. The highest BCUT2D eigenvalue weighted by Crippen LogP contribution is 2.18. The van der Waals surface area contributed by atoms with Gasteiger partial charge in [0.2, 0.25) is 5.91 Å². The summed E-state index contributed by atoms with van der Waals surface area (Å²) in [7, 11) is 0. The first-order valence-corrected chi connectivity index (χ1v) is 9.07. The highest BCUT2D eigenvalue weighted by molar-refractivity contribution is 5.78. The van der Waals surface area contributed by atoms with Crippen LogP contribution in [0.3, 0.4) is 0 Å². The van der Waals surface area contributed by atoms with Crippen LogP contribution in [0.1, 0.15) is 37.4 Å². The van der Waals surface area contributed by atoms with Gasteiger partial charge in [-0.1, -0.05) is 30.3 Å². The van der Waals surface area contributed by atoms with Crippen LogP contribution in [-0.2, 0) is 9.53 Å². The Kier molecular flexibility index (Phi) is 6.24. The molecule has 2 aliphatic rings. The molecule has 2 fully saturated rings. The fraction of sp³-hybridized carbons (Fsp3) is 0.632. The third-order valence-electron chi connectivity index (χ3n) is 4.92. The van der Waals surface area contributed by atoms with Crippen molar-refractivity contribution in [2.45, 2.75) is 37.9 Å². The largest absolute Gasteiger partial charge is 0.387 e. The van der Waals surface area contributed by atoms with Gasteiger partial charge in [-0.2, -0.15) is 0 Å². The molecule has 1 aromatic carbocycles. The molecule has 2 heterocycles. The minimum Gasteiger partial charge on any atom is -0.387 e. The summed E-state index contributed by atoms with van der Waals surface area (Å²) < 4.78 is 5.73. The van der Waals surface area contributed by atoms with Gasteiger partial charge < -0.3 is 14.7 Å². The normalized spacial score (nSPS) is 22.2. The molecular formula is C19H28N2O3. The van der Waals surface area contributed by atoms with Crippen molar-refractivity contribution in [1.29, 1.82) is 0 Å². The monoisotopic (exact) mass is 332 g/mol. The third-order valence-corrected chi connectivity index (χ3v) is 4.92. The Morgan fingerprint density at radius 3 is 2.67 bits per heavy atom. The van der Waals surface area contributed by atoms with Gasteiger partial charge in [-0.3, -0.25) is 9.69 Å². The Morgan fingerprint density at radius 2 is 2.00 bits per heavy atom. The average Bonchev–Trinajstić information content (AvgIpc) is 3.29. The molecule has 24 heavy (non-hydrogen) atoms. The first-order chi connectivity index (χ1) is 11.7. The quantitative estimate of drug-likeness (QED) is 0.828. The fourth-order valence-electron chi connectivity index (χ4n) is 3.56. The lowest BCUT2D eigenvalue weighted by Gasteiger charge is -2.28. The summed E-state index contributed by atoms with van der Waals surface area (Å²) in [5, 5.41) is 10.5. The van der Waals surface area contributed by atoms with Gasteiger partial charge in [-0.25, -0.2) is 0 Å². The minimum atomic E-state index is -0.584. The number of nitrogens with zero attached hydrogens (tertiary/aromatic N) is 2. The Balaban J connectivity index is 1.60. The van der Waals surface area contributed by atoms with Gasteiger partial charge in [-0.15, -0.1) is 0 Å². The summed E-state index contributed by atoms with van der Waals surface area (Å²) in [6.07, 6.45) is 3.92. The van der Waals surface area contributed by atoms with E-state index < -0.39 is 6.10 Å². The Bertz CT molecular complexity index is 511. The lowest BCUT2D eigenvalue weighted by Crippen LogP contribution is -2.43. The molecule has 2 unspecified atom stereocenters. The van der Waals surface area contributed by atoms with Gasteiger partial charge in [0.05, 0.1) is 18.8 Å². The summed E-state index contributed by atoms with van der Waals surface area (Å²) in [4.78, 5) is 16.5. The molecule has 0 aromatic heterocycles. The van der Waals surface area contributed by atoms with Crippen LogP contribution in [0.25, 0.3) is 0 Å². The Labute approximate surface area is 144 Å². The van der Waals surface area contributed by atoms with Crippen LogP contribution >= 0.6 is 0 Å². The number of benzene rings is 1. The molecule has 5 heteroatoms. The van der Waals surface area contributed by atoms with E-state index in [1.54, 1.807) is 0 Å². The van der Waals surface area contributed by atoms with Crippen molar-refractivity contribution in [3.05, 3.63) is 35.9 Å². The van der Waals surface area contributed by atoms with Crippen LogP contribution in [0.15, 0.2) is 30.3 Å². The van der Waals surface area contributed by atoms with Gasteiger partial charge in [0.15, 0.2) is 0 Å². The fourth-order valence-corrected chi connectivity index (χ4v) is 3.56. The van der Waals surface area contributed by atoms with Gasteiger partial charge in [0.25, 0.3) is 0 Å². The molecule has 0 bridgehead atoms. The molecule has 2 atom stereocenters. The van der Waals surface area contributed by atoms with Crippen LogP contribution in [0.4, 0.5) is 0 Å². The predicted octanol–water partition coefficient (Wildman–Crippen LogP) is 1.82. The second-order valence-electron chi connectivity index (χ2n) is 6.84. The molecule has 3 rings (SSSR count). The van der Waals surface area contributed by atoms with E-state index in [9.17, 15) is 9.90 Å². The van der Waals surface area contributed by atoms with Crippen molar-refractivity contribution < 1.29 is 14.6 Å². The van der Waals surface area contributed by atoms with E-state index in [4.69, 9.17) is 4.74 Å². The molecule has 2 saturated heterocycles. The van der Waals surface area contributed by atoms with Gasteiger partial charge >= 0.3 is 0 Å². The first kappa shape index (κ1) is 17.4. The van der Waals surface area contributed by atoms with Gasteiger partial charge in [0, 0.05) is 32.8 Å². The molecule has 0 spiro atoms. The standard InChI is InChI=1S/C19H28N2O3/c22-18(16-7-2-1-3-8-16)14-20(13-17-9-6-12-24-17)15-19(23)21-10-4-5-11-21/h1-3,7-8,17-18,22H,4-6,9-15H2. The van der Waals surface area contributed by atoms with E-state index >= 15 is 0 Å². The molecule has 0 radical (unpaired) electrons. The maximum Gasteiger partial charge on any atom is 0.236 e. The lowest BCUT2D eigenvalue weighted by molar-refractivity contribution is -0.132. The van der Waals surface area contributed by atoms with E-state index in [0.29, 0.717) is 19.6 Å². The van der Waals surface area contributed by atoms with Gasteiger partial charge in [-0.05, 0) is 31.2 Å². The first-order valence-electron chi connectivity index (χ1n) is 9.07. The van der Waals surface area contributed by atoms with Crippen molar-refractivity contribution in [3.8, 4) is 0 Å². The van der Waals surface area contributed by atoms with Crippen LogP contribution in [0.5, 0.6) is 0 Å². The number of rotatable bonds is 7. The SMILES string of the molecule is O=C(CN(CC1CCCO1)CC(O)c1ccccc1)N1CCCC1. The number of aliphatic hydroxyl groups excluding tert-OH is 1. The average molecular weight is 332 g/mol. The van der Waals surface area contributed by atoms with Crippen molar-refractivity contribution in [2.24, 2.45) is 0 Å². The molecule has 0 saturated carbocycles. The summed E-state index contributed by atoms with van der Waals surface area (Å²) in [5.74, 6) is 0.172.